The van der Waals surface area contributed by atoms with E-state index in [1.54, 1.807) is 18.2 Å². The van der Waals surface area contributed by atoms with Gasteiger partial charge < -0.3 is 0 Å². The SMILES string of the molecule is O=c1/c(=C\C=C\c2ccccc2)sc2nc(-c3ccc(F)cc3)nn12. The van der Waals surface area contributed by atoms with E-state index in [2.05, 4.69) is 10.1 Å². The van der Waals surface area contributed by atoms with E-state index in [1.165, 1.54) is 28.0 Å². The molecule has 122 valence electrons. The largest absolute Gasteiger partial charge is 0.291 e. The molecule has 0 saturated heterocycles. The molecule has 0 aliphatic carbocycles. The smallest absolute Gasteiger partial charge is 0.266 e. The molecule has 0 N–H and O–H groups in total. The summed E-state index contributed by atoms with van der Waals surface area (Å²) < 4.78 is 14.8. The van der Waals surface area contributed by atoms with Crippen molar-refractivity contribution in [1.29, 1.82) is 0 Å². The van der Waals surface area contributed by atoms with Gasteiger partial charge in [0.2, 0.25) is 4.96 Å². The Kier molecular flexibility index (Phi) is 3.95. The number of nitrogens with zero attached hydrogens (tertiary/aromatic N) is 3. The summed E-state index contributed by atoms with van der Waals surface area (Å²) in [6, 6.07) is 15.7. The van der Waals surface area contributed by atoms with E-state index in [-0.39, 0.29) is 11.4 Å². The van der Waals surface area contributed by atoms with Gasteiger partial charge in [0.1, 0.15) is 5.82 Å². The van der Waals surface area contributed by atoms with Crippen molar-refractivity contribution in [2.24, 2.45) is 0 Å². The Labute approximate surface area is 146 Å². The van der Waals surface area contributed by atoms with Gasteiger partial charge in [-0.3, -0.25) is 4.79 Å². The quantitative estimate of drug-likeness (QED) is 0.571. The summed E-state index contributed by atoms with van der Waals surface area (Å²) in [6.45, 7) is 0. The highest BCUT2D eigenvalue weighted by atomic mass is 32.1. The van der Waals surface area contributed by atoms with E-state index in [9.17, 15) is 9.18 Å². The summed E-state index contributed by atoms with van der Waals surface area (Å²) in [6.07, 6.45) is 5.52. The van der Waals surface area contributed by atoms with Crippen LogP contribution >= 0.6 is 11.3 Å². The number of allylic oxidation sites excluding steroid dienone is 1. The van der Waals surface area contributed by atoms with Crippen molar-refractivity contribution in [3.8, 4) is 11.4 Å². The van der Waals surface area contributed by atoms with Crippen LogP contribution in [0.2, 0.25) is 0 Å². The number of hydrogen-bond acceptors (Lipinski definition) is 4. The Morgan fingerprint density at radius 2 is 1.80 bits per heavy atom. The van der Waals surface area contributed by atoms with Crippen LogP contribution in [0.3, 0.4) is 0 Å². The molecule has 25 heavy (non-hydrogen) atoms. The van der Waals surface area contributed by atoms with Gasteiger partial charge in [0.25, 0.3) is 5.56 Å². The van der Waals surface area contributed by atoms with Crippen molar-refractivity contribution >= 4 is 28.4 Å². The standard InChI is InChI=1S/C19H12FN3OS/c20-15-11-9-14(10-12-15)17-21-19-23(22-17)18(24)16(25-19)8-4-7-13-5-2-1-3-6-13/h1-12H/b7-4+,16-8+. The van der Waals surface area contributed by atoms with Crippen LogP contribution < -0.4 is 10.1 Å². The summed E-state index contributed by atoms with van der Waals surface area (Å²) in [5.74, 6) is 0.0890. The van der Waals surface area contributed by atoms with Gasteiger partial charge >= 0.3 is 0 Å². The van der Waals surface area contributed by atoms with Crippen molar-refractivity contribution in [3.63, 3.8) is 0 Å². The molecule has 0 fully saturated rings. The maximum atomic E-state index is 13.0. The minimum Gasteiger partial charge on any atom is -0.266 e. The lowest BCUT2D eigenvalue weighted by Gasteiger charge is -1.93. The molecule has 2 heterocycles. The van der Waals surface area contributed by atoms with Crippen LogP contribution in [0.5, 0.6) is 0 Å². The van der Waals surface area contributed by atoms with Crippen molar-refractivity contribution in [1.82, 2.24) is 14.6 Å². The summed E-state index contributed by atoms with van der Waals surface area (Å²) in [7, 11) is 0. The van der Waals surface area contributed by atoms with Gasteiger partial charge in [0, 0.05) is 5.56 Å². The number of rotatable bonds is 3. The molecule has 0 aliphatic rings. The Morgan fingerprint density at radius 1 is 1.04 bits per heavy atom. The van der Waals surface area contributed by atoms with E-state index in [1.807, 2.05) is 42.5 Å². The second-order valence-corrected chi connectivity index (χ2v) is 6.35. The minimum atomic E-state index is -0.323. The monoisotopic (exact) mass is 349 g/mol. The minimum absolute atomic E-state index is 0.210. The van der Waals surface area contributed by atoms with Crippen molar-refractivity contribution in [2.45, 2.75) is 0 Å². The van der Waals surface area contributed by atoms with E-state index in [0.29, 0.717) is 20.9 Å². The molecule has 4 nitrogen and oxygen atoms in total. The lowest BCUT2D eigenvalue weighted by atomic mass is 10.2. The highest BCUT2D eigenvalue weighted by Crippen LogP contribution is 2.16. The van der Waals surface area contributed by atoms with E-state index in [4.69, 9.17) is 0 Å². The first-order chi connectivity index (χ1) is 12.2. The van der Waals surface area contributed by atoms with Crippen LogP contribution in [-0.2, 0) is 0 Å². The van der Waals surface area contributed by atoms with Crippen molar-refractivity contribution in [2.75, 3.05) is 0 Å². The maximum Gasteiger partial charge on any atom is 0.291 e. The molecule has 0 unspecified atom stereocenters. The van der Waals surface area contributed by atoms with Gasteiger partial charge in [0.05, 0.1) is 4.53 Å². The normalized spacial score (nSPS) is 12.4. The number of aromatic nitrogens is 3. The third-order valence-corrected chi connectivity index (χ3v) is 4.60. The lowest BCUT2D eigenvalue weighted by Crippen LogP contribution is -2.23. The Hall–Kier alpha value is -3.12. The predicted octanol–water partition coefficient (Wildman–Crippen LogP) is 3.17. The van der Waals surface area contributed by atoms with Crippen LogP contribution in [0.1, 0.15) is 5.56 Å². The number of halogens is 1. The molecular weight excluding hydrogens is 337 g/mol. The van der Waals surface area contributed by atoms with Crippen LogP contribution in [0.4, 0.5) is 4.39 Å². The molecule has 0 spiro atoms. The maximum absolute atomic E-state index is 13.0. The molecule has 6 heteroatoms. The number of hydrogen-bond donors (Lipinski definition) is 0. The van der Waals surface area contributed by atoms with Gasteiger partial charge in [0.15, 0.2) is 5.82 Å². The summed E-state index contributed by atoms with van der Waals surface area (Å²) in [5, 5.41) is 4.24. The summed E-state index contributed by atoms with van der Waals surface area (Å²) >= 11 is 1.27. The van der Waals surface area contributed by atoms with E-state index in [0.717, 1.165) is 5.56 Å². The number of thiazole rings is 1. The Bertz CT molecular complexity index is 1160. The zero-order valence-electron chi connectivity index (χ0n) is 13.0. The van der Waals surface area contributed by atoms with Gasteiger partial charge in [-0.1, -0.05) is 53.8 Å². The molecular formula is C19H12FN3OS. The van der Waals surface area contributed by atoms with Gasteiger partial charge in [-0.05, 0) is 35.9 Å². The first-order valence-corrected chi connectivity index (χ1v) is 8.41. The van der Waals surface area contributed by atoms with Crippen molar-refractivity contribution in [3.05, 3.63) is 86.9 Å². The Balaban J connectivity index is 1.68. The molecule has 2 aromatic carbocycles. The molecule has 0 aliphatic heterocycles. The molecule has 0 saturated carbocycles. The molecule has 4 rings (SSSR count). The first kappa shape index (κ1) is 15.4. The fourth-order valence-corrected chi connectivity index (χ4v) is 3.24. The van der Waals surface area contributed by atoms with Crippen LogP contribution in [0.15, 0.2) is 65.5 Å². The van der Waals surface area contributed by atoms with Gasteiger partial charge in [-0.25, -0.2) is 4.39 Å². The molecule has 0 radical (unpaired) electrons. The van der Waals surface area contributed by atoms with Gasteiger partial charge in [-0.15, -0.1) is 5.10 Å². The zero-order valence-corrected chi connectivity index (χ0v) is 13.8. The number of fused-ring (bicyclic) bond motifs is 1. The second-order valence-electron chi connectivity index (χ2n) is 5.34. The second kappa shape index (κ2) is 6.41. The summed E-state index contributed by atoms with van der Waals surface area (Å²) in [4.78, 5) is 17.3. The van der Waals surface area contributed by atoms with Gasteiger partial charge in [-0.2, -0.15) is 9.50 Å². The third-order valence-electron chi connectivity index (χ3n) is 3.62. The summed E-state index contributed by atoms with van der Waals surface area (Å²) in [5.41, 5.74) is 1.52. The first-order valence-electron chi connectivity index (χ1n) is 7.60. The predicted molar refractivity (Wildman–Crippen MR) is 97.7 cm³/mol. The topological polar surface area (TPSA) is 47.3 Å². The fourth-order valence-electron chi connectivity index (χ4n) is 2.38. The van der Waals surface area contributed by atoms with E-state index >= 15 is 0 Å². The lowest BCUT2D eigenvalue weighted by molar-refractivity contribution is 0.628. The zero-order chi connectivity index (χ0) is 17.2. The average molecular weight is 349 g/mol. The van der Waals surface area contributed by atoms with Crippen LogP contribution in [0, 0.1) is 5.82 Å². The molecule has 0 amide bonds. The fraction of sp³-hybridized carbons (Fsp3) is 0. The Morgan fingerprint density at radius 3 is 2.52 bits per heavy atom. The van der Waals surface area contributed by atoms with Crippen LogP contribution in [0.25, 0.3) is 28.5 Å². The third kappa shape index (κ3) is 3.12. The average Bonchev–Trinajstić information content (AvgIpc) is 3.17. The highest BCUT2D eigenvalue weighted by molar-refractivity contribution is 7.15. The molecule has 2 aromatic heterocycles. The number of benzene rings is 2. The molecule has 0 bridgehead atoms. The van der Waals surface area contributed by atoms with Crippen molar-refractivity contribution < 1.29 is 4.39 Å². The van der Waals surface area contributed by atoms with E-state index < -0.39 is 0 Å². The molecule has 4 aromatic rings. The molecule has 0 atom stereocenters. The highest BCUT2D eigenvalue weighted by Gasteiger charge is 2.11. The van der Waals surface area contributed by atoms with Crippen LogP contribution in [-0.4, -0.2) is 14.6 Å².